The van der Waals surface area contributed by atoms with Gasteiger partial charge in [0.05, 0.1) is 23.0 Å². The number of aldehydes is 1. The van der Waals surface area contributed by atoms with Gasteiger partial charge in [0.15, 0.2) is 8.32 Å². The molecule has 3 rings (SSSR count). The van der Waals surface area contributed by atoms with E-state index in [9.17, 15) is 24.5 Å². The van der Waals surface area contributed by atoms with Crippen molar-refractivity contribution in [3.63, 3.8) is 0 Å². The first-order chi connectivity index (χ1) is 15.9. The minimum atomic E-state index is -1.86. The highest BCUT2D eigenvalue weighted by molar-refractivity contribution is 8.06. The number of esters is 1. The van der Waals surface area contributed by atoms with Gasteiger partial charge in [-0.3, -0.25) is 19.7 Å². The topological polar surface area (TPSA) is 116 Å². The van der Waals surface area contributed by atoms with Gasteiger partial charge in [0.25, 0.3) is 5.69 Å². The van der Waals surface area contributed by atoms with E-state index < -0.39 is 19.2 Å². The Bertz CT molecular complexity index is 1060. The van der Waals surface area contributed by atoms with Gasteiger partial charge in [-0.25, -0.2) is 4.79 Å². The second-order valence-corrected chi connectivity index (χ2v) is 15.0. The average Bonchev–Trinajstić information content (AvgIpc) is 3.05. The summed E-state index contributed by atoms with van der Waals surface area (Å²) < 4.78 is 11.6. The van der Waals surface area contributed by atoms with Crippen LogP contribution in [-0.4, -0.2) is 48.4 Å². The Morgan fingerprint density at radius 3 is 2.53 bits per heavy atom. The lowest BCUT2D eigenvalue weighted by atomic mass is 9.83. The fourth-order valence-electron chi connectivity index (χ4n) is 4.18. The van der Waals surface area contributed by atoms with Crippen molar-refractivity contribution in [1.82, 2.24) is 4.90 Å². The monoisotopic (exact) mass is 504 g/mol. The summed E-state index contributed by atoms with van der Waals surface area (Å²) in [5, 5.41) is 10.8. The van der Waals surface area contributed by atoms with Gasteiger partial charge >= 0.3 is 5.97 Å². The number of thioether (sulfide) groups is 1. The van der Waals surface area contributed by atoms with Crippen LogP contribution in [0.25, 0.3) is 0 Å². The van der Waals surface area contributed by atoms with Crippen LogP contribution in [0.4, 0.5) is 5.69 Å². The minimum absolute atomic E-state index is 0.0561. The van der Waals surface area contributed by atoms with Gasteiger partial charge in [0, 0.05) is 23.5 Å². The number of carbonyl (C=O) groups is 3. The molecule has 2 heterocycles. The zero-order valence-corrected chi connectivity index (χ0v) is 21.6. The molecule has 182 valence electrons. The normalized spacial score (nSPS) is 21.1. The molecule has 0 bridgehead atoms. The largest absolute Gasteiger partial charge is 0.456 e. The molecule has 2 aliphatic rings. The molecule has 1 fully saturated rings. The summed E-state index contributed by atoms with van der Waals surface area (Å²) in [5.41, 5.74) is 0.724. The van der Waals surface area contributed by atoms with Crippen molar-refractivity contribution in [2.45, 2.75) is 58.7 Å². The first kappa shape index (κ1) is 25.9. The van der Waals surface area contributed by atoms with Gasteiger partial charge in [-0.05, 0) is 62.2 Å². The Kier molecular flexibility index (Phi) is 7.79. The van der Waals surface area contributed by atoms with Gasteiger partial charge in [-0.1, -0.05) is 11.8 Å². The Hall–Kier alpha value is -2.76. The number of β-lactam (4-membered cyclic amide) rings is 1. The van der Waals surface area contributed by atoms with Crippen LogP contribution in [0.15, 0.2) is 45.8 Å². The van der Waals surface area contributed by atoms with Crippen LogP contribution < -0.4 is 0 Å². The summed E-state index contributed by atoms with van der Waals surface area (Å²) >= 11 is 1.28. The number of hydrogen-bond donors (Lipinski definition) is 0. The SMILES string of the molecule is CC(=CC=O)SC1=C(C(=O)OCc2ccc([N+](=O)[O-])cc2)N2C(=O)[C@H]([C@@H](C)O[Si](C)(C)C)[C@H]2C1. The van der Waals surface area contributed by atoms with Crippen LogP contribution in [0.1, 0.15) is 25.8 Å². The molecule has 0 saturated carbocycles. The van der Waals surface area contributed by atoms with E-state index in [1.54, 1.807) is 6.92 Å². The standard InChI is InChI=1S/C23H28N2O7SSi/c1-14(10-11-26)33-19-12-18-20(15(2)32-34(3,4)5)22(27)24(18)21(19)23(28)31-13-16-6-8-17(9-7-16)25(29)30/h6-11,15,18,20H,12-13H2,1-5H3/t15-,18-,20-/m1/s1. The highest BCUT2D eigenvalue weighted by atomic mass is 32.2. The molecule has 2 aliphatic heterocycles. The van der Waals surface area contributed by atoms with E-state index in [0.717, 1.165) is 0 Å². The Balaban J connectivity index is 1.79. The summed E-state index contributed by atoms with van der Waals surface area (Å²) in [6, 6.07) is 5.51. The molecule has 9 nitrogen and oxygen atoms in total. The predicted molar refractivity (Wildman–Crippen MR) is 130 cm³/mol. The fraction of sp³-hybridized carbons (Fsp3) is 0.435. The summed E-state index contributed by atoms with van der Waals surface area (Å²) in [6.45, 7) is 9.76. The Morgan fingerprint density at radius 2 is 1.97 bits per heavy atom. The predicted octanol–water partition coefficient (Wildman–Crippen LogP) is 4.16. The Morgan fingerprint density at radius 1 is 1.32 bits per heavy atom. The van der Waals surface area contributed by atoms with Gasteiger partial charge in [0.1, 0.15) is 18.6 Å². The highest BCUT2D eigenvalue weighted by Gasteiger charge is 2.57. The molecule has 1 saturated heterocycles. The minimum Gasteiger partial charge on any atom is -0.456 e. The van der Waals surface area contributed by atoms with Crippen molar-refractivity contribution in [2.75, 3.05) is 0 Å². The van der Waals surface area contributed by atoms with Crippen LogP contribution in [0.3, 0.4) is 0 Å². The summed E-state index contributed by atoms with van der Waals surface area (Å²) in [5.74, 6) is -1.17. The van der Waals surface area contributed by atoms with E-state index in [2.05, 4.69) is 19.6 Å². The highest BCUT2D eigenvalue weighted by Crippen LogP contribution is 2.49. The lowest BCUT2D eigenvalue weighted by Crippen LogP contribution is -2.63. The molecule has 34 heavy (non-hydrogen) atoms. The molecule has 3 atom stereocenters. The molecular weight excluding hydrogens is 476 g/mol. The number of nitro benzene ring substituents is 1. The zero-order valence-electron chi connectivity index (χ0n) is 19.8. The maximum absolute atomic E-state index is 13.1. The summed E-state index contributed by atoms with van der Waals surface area (Å²) in [6.07, 6.45) is 2.29. The molecule has 0 N–H and O–H groups in total. The lowest BCUT2D eigenvalue weighted by molar-refractivity contribution is -0.384. The van der Waals surface area contributed by atoms with E-state index >= 15 is 0 Å². The molecule has 0 spiro atoms. The lowest BCUT2D eigenvalue weighted by Gasteiger charge is -2.47. The van der Waals surface area contributed by atoms with Gasteiger partial charge < -0.3 is 14.1 Å². The van der Waals surface area contributed by atoms with Crippen molar-refractivity contribution in [2.24, 2.45) is 5.92 Å². The number of allylic oxidation sites excluding steroid dienone is 2. The molecule has 1 amide bonds. The molecule has 0 unspecified atom stereocenters. The molecule has 0 radical (unpaired) electrons. The molecule has 1 aromatic rings. The first-order valence-electron chi connectivity index (χ1n) is 10.9. The van der Waals surface area contributed by atoms with Crippen molar-refractivity contribution >= 4 is 43.9 Å². The number of non-ortho nitro benzene ring substituents is 1. The van der Waals surface area contributed by atoms with E-state index in [-0.39, 0.29) is 42.0 Å². The summed E-state index contributed by atoms with van der Waals surface area (Å²) in [4.78, 5) is 50.2. The van der Waals surface area contributed by atoms with Gasteiger partial charge in [-0.15, -0.1) is 0 Å². The van der Waals surface area contributed by atoms with E-state index in [4.69, 9.17) is 9.16 Å². The van der Waals surface area contributed by atoms with Crippen molar-refractivity contribution in [1.29, 1.82) is 0 Å². The van der Waals surface area contributed by atoms with Crippen LogP contribution in [0.5, 0.6) is 0 Å². The van der Waals surface area contributed by atoms with Crippen LogP contribution >= 0.6 is 11.8 Å². The molecule has 1 aromatic carbocycles. The van der Waals surface area contributed by atoms with Crippen molar-refractivity contribution < 1.29 is 28.5 Å². The third kappa shape index (κ3) is 5.65. The maximum Gasteiger partial charge on any atom is 0.356 e. The fourth-order valence-corrected chi connectivity index (χ4v) is 6.49. The van der Waals surface area contributed by atoms with Crippen molar-refractivity contribution in [3.05, 3.63) is 61.5 Å². The second kappa shape index (κ2) is 10.2. The molecule has 0 aliphatic carbocycles. The molecule has 11 heteroatoms. The number of benzene rings is 1. The number of rotatable bonds is 10. The third-order valence-electron chi connectivity index (χ3n) is 5.51. The summed E-state index contributed by atoms with van der Waals surface area (Å²) in [7, 11) is -1.86. The number of ether oxygens (including phenoxy) is 1. The van der Waals surface area contributed by atoms with Crippen LogP contribution in [-0.2, 0) is 30.2 Å². The third-order valence-corrected chi connectivity index (χ3v) is 7.65. The van der Waals surface area contributed by atoms with E-state index in [1.807, 2.05) is 6.92 Å². The van der Waals surface area contributed by atoms with Gasteiger partial charge in [0.2, 0.25) is 5.91 Å². The maximum atomic E-state index is 13.1. The quantitative estimate of drug-likeness (QED) is 0.0887. The number of nitro groups is 1. The number of hydrogen-bond acceptors (Lipinski definition) is 8. The smallest absolute Gasteiger partial charge is 0.356 e. The first-order valence-corrected chi connectivity index (χ1v) is 15.1. The molecular formula is C23H28N2O7SSi. The van der Waals surface area contributed by atoms with Crippen molar-refractivity contribution in [3.8, 4) is 0 Å². The Labute approximate surface area is 203 Å². The number of amides is 1. The molecule has 0 aromatic heterocycles. The van der Waals surface area contributed by atoms with Gasteiger partial charge in [-0.2, -0.15) is 0 Å². The van der Waals surface area contributed by atoms with Crippen LogP contribution in [0, 0.1) is 16.0 Å². The number of fused-ring (bicyclic) bond motifs is 1. The van der Waals surface area contributed by atoms with Crippen LogP contribution in [0.2, 0.25) is 19.6 Å². The number of carbonyl (C=O) groups excluding carboxylic acids is 3. The zero-order chi connectivity index (χ0) is 25.2. The second-order valence-electron chi connectivity index (χ2n) is 9.23. The average molecular weight is 505 g/mol. The van der Waals surface area contributed by atoms with E-state index in [0.29, 0.717) is 28.1 Å². The van der Waals surface area contributed by atoms with E-state index in [1.165, 1.54) is 47.0 Å². The number of nitrogens with zero attached hydrogens (tertiary/aromatic N) is 2.